The molecule has 0 atom stereocenters. The standard InChI is InChI=1S/C21H21N4O3P/c1-29(2,28)15-24-20(26)18-19(25(21(24)27)17-11-7-4-8-12-17)22-14-23(18)13-16-9-5-3-6-10-16/h3-12,14H,13,15H2,1-2H3. The normalized spacial score (nSPS) is 11.8. The average Bonchev–Trinajstić information content (AvgIpc) is 3.09. The number of hydrogen-bond donors (Lipinski definition) is 0. The second-order valence-electron chi connectivity index (χ2n) is 7.43. The Labute approximate surface area is 167 Å². The van der Waals surface area contributed by atoms with Crippen molar-refractivity contribution in [1.29, 1.82) is 0 Å². The molecule has 0 bridgehead atoms. The van der Waals surface area contributed by atoms with Crippen LogP contribution in [0.1, 0.15) is 5.56 Å². The highest BCUT2D eigenvalue weighted by atomic mass is 31.2. The number of nitrogens with zero attached hydrogens (tertiary/aromatic N) is 4. The number of fused-ring (bicyclic) bond motifs is 1. The second kappa shape index (κ2) is 7.33. The van der Waals surface area contributed by atoms with Crippen LogP contribution in [-0.4, -0.2) is 32.0 Å². The Morgan fingerprint density at radius 1 is 0.931 bits per heavy atom. The summed E-state index contributed by atoms with van der Waals surface area (Å²) in [4.78, 5) is 30.8. The molecule has 4 rings (SSSR count). The van der Waals surface area contributed by atoms with Crippen molar-refractivity contribution < 1.29 is 4.57 Å². The smallest absolute Gasteiger partial charge is 0.322 e. The molecule has 0 N–H and O–H groups in total. The monoisotopic (exact) mass is 408 g/mol. The molecule has 0 aliphatic carbocycles. The third-order valence-electron chi connectivity index (χ3n) is 4.59. The van der Waals surface area contributed by atoms with Crippen LogP contribution in [-0.2, 0) is 17.4 Å². The van der Waals surface area contributed by atoms with Crippen molar-refractivity contribution in [1.82, 2.24) is 18.7 Å². The molecule has 7 nitrogen and oxygen atoms in total. The van der Waals surface area contributed by atoms with Crippen LogP contribution in [0.5, 0.6) is 0 Å². The van der Waals surface area contributed by atoms with Crippen LogP contribution in [0, 0.1) is 0 Å². The Morgan fingerprint density at radius 3 is 2.17 bits per heavy atom. The largest absolute Gasteiger partial charge is 0.337 e. The maximum absolute atomic E-state index is 13.3. The molecule has 29 heavy (non-hydrogen) atoms. The molecule has 0 aliphatic heterocycles. The summed E-state index contributed by atoms with van der Waals surface area (Å²) < 4.78 is 16.7. The first-order valence-electron chi connectivity index (χ1n) is 9.19. The number of benzene rings is 2. The van der Waals surface area contributed by atoms with Gasteiger partial charge in [0.2, 0.25) is 0 Å². The van der Waals surface area contributed by atoms with Gasteiger partial charge in [0.15, 0.2) is 11.2 Å². The van der Waals surface area contributed by atoms with Crippen LogP contribution in [0.3, 0.4) is 0 Å². The predicted octanol–water partition coefficient (Wildman–Crippen LogP) is 2.98. The van der Waals surface area contributed by atoms with E-state index < -0.39 is 18.4 Å². The molecular weight excluding hydrogens is 387 g/mol. The van der Waals surface area contributed by atoms with Gasteiger partial charge in [-0.25, -0.2) is 14.3 Å². The van der Waals surface area contributed by atoms with Crippen molar-refractivity contribution in [3.63, 3.8) is 0 Å². The summed E-state index contributed by atoms with van der Waals surface area (Å²) in [6, 6.07) is 18.7. The third-order valence-corrected chi connectivity index (χ3v) is 5.56. The molecule has 0 saturated heterocycles. The van der Waals surface area contributed by atoms with Gasteiger partial charge in [0.05, 0.1) is 18.3 Å². The first-order valence-corrected chi connectivity index (χ1v) is 12.0. The van der Waals surface area contributed by atoms with Gasteiger partial charge >= 0.3 is 5.69 Å². The van der Waals surface area contributed by atoms with Crippen molar-refractivity contribution in [3.05, 3.63) is 93.4 Å². The Morgan fingerprint density at radius 2 is 1.55 bits per heavy atom. The third kappa shape index (κ3) is 3.74. The predicted molar refractivity (Wildman–Crippen MR) is 115 cm³/mol. The number of imidazole rings is 1. The van der Waals surface area contributed by atoms with Gasteiger partial charge in [0, 0.05) is 6.54 Å². The highest BCUT2D eigenvalue weighted by Crippen LogP contribution is 2.36. The fourth-order valence-corrected chi connectivity index (χ4v) is 4.29. The van der Waals surface area contributed by atoms with E-state index in [2.05, 4.69) is 4.98 Å². The molecule has 0 amide bonds. The van der Waals surface area contributed by atoms with E-state index in [1.54, 1.807) is 36.4 Å². The second-order valence-corrected chi connectivity index (χ2v) is 10.9. The summed E-state index contributed by atoms with van der Waals surface area (Å²) in [6.07, 6.45) is 1.45. The molecule has 2 heterocycles. The number of rotatable bonds is 5. The number of aromatic nitrogens is 4. The molecule has 148 valence electrons. The van der Waals surface area contributed by atoms with E-state index in [0.717, 1.165) is 10.1 Å². The minimum atomic E-state index is -2.67. The van der Waals surface area contributed by atoms with E-state index in [4.69, 9.17) is 0 Å². The summed E-state index contributed by atoms with van der Waals surface area (Å²) in [5.41, 5.74) is 1.19. The minimum absolute atomic E-state index is 0.121. The van der Waals surface area contributed by atoms with E-state index in [1.165, 1.54) is 4.57 Å². The first-order chi connectivity index (χ1) is 13.8. The molecule has 2 aromatic carbocycles. The van der Waals surface area contributed by atoms with Crippen LogP contribution in [0.4, 0.5) is 0 Å². The molecule has 0 unspecified atom stereocenters. The van der Waals surface area contributed by atoms with Crippen LogP contribution < -0.4 is 11.2 Å². The summed E-state index contributed by atoms with van der Waals surface area (Å²) in [5.74, 6) is 0. The van der Waals surface area contributed by atoms with Crippen molar-refractivity contribution >= 4 is 18.3 Å². The van der Waals surface area contributed by atoms with Crippen LogP contribution in [0.2, 0.25) is 0 Å². The SMILES string of the molecule is CP(C)(=O)Cn1c(=O)c2c(ncn2Cc2ccccc2)n(-c2ccccc2)c1=O. The van der Waals surface area contributed by atoms with E-state index in [1.807, 2.05) is 48.5 Å². The molecule has 0 aliphatic rings. The van der Waals surface area contributed by atoms with Gasteiger partial charge in [-0.2, -0.15) is 0 Å². The van der Waals surface area contributed by atoms with Crippen molar-refractivity contribution in [2.45, 2.75) is 12.8 Å². The molecule has 0 spiro atoms. The zero-order valence-electron chi connectivity index (χ0n) is 16.2. The summed E-state index contributed by atoms with van der Waals surface area (Å²) >= 11 is 0. The van der Waals surface area contributed by atoms with E-state index in [0.29, 0.717) is 23.4 Å². The van der Waals surface area contributed by atoms with Crippen molar-refractivity contribution in [2.24, 2.45) is 0 Å². The van der Waals surface area contributed by atoms with Gasteiger partial charge in [-0.15, -0.1) is 0 Å². The van der Waals surface area contributed by atoms with Crippen LogP contribution in [0.25, 0.3) is 16.9 Å². The quantitative estimate of drug-likeness (QED) is 0.476. The molecule has 8 heteroatoms. The maximum Gasteiger partial charge on any atom is 0.337 e. The fourth-order valence-electron chi connectivity index (χ4n) is 3.35. The lowest BCUT2D eigenvalue weighted by Crippen LogP contribution is -2.40. The maximum atomic E-state index is 13.3. The summed E-state index contributed by atoms with van der Waals surface area (Å²) in [5, 5.41) is 0. The highest BCUT2D eigenvalue weighted by molar-refractivity contribution is 7.61. The number of hydrogen-bond acceptors (Lipinski definition) is 4. The minimum Gasteiger partial charge on any atom is -0.322 e. The lowest BCUT2D eigenvalue weighted by Gasteiger charge is -2.14. The van der Waals surface area contributed by atoms with Gasteiger partial charge in [-0.05, 0) is 31.0 Å². The zero-order valence-corrected chi connectivity index (χ0v) is 17.1. The Balaban J connectivity index is 2.03. The summed E-state index contributed by atoms with van der Waals surface area (Å²) in [6.45, 7) is 3.57. The van der Waals surface area contributed by atoms with Crippen LogP contribution >= 0.6 is 7.14 Å². The van der Waals surface area contributed by atoms with Gasteiger partial charge in [-0.3, -0.25) is 9.36 Å². The van der Waals surface area contributed by atoms with Crippen LogP contribution in [0.15, 0.2) is 76.6 Å². The van der Waals surface area contributed by atoms with Gasteiger partial charge in [0.1, 0.15) is 7.14 Å². The Kier molecular flexibility index (Phi) is 4.84. The first kappa shape index (κ1) is 19.2. The van der Waals surface area contributed by atoms with E-state index >= 15 is 0 Å². The van der Waals surface area contributed by atoms with Crippen molar-refractivity contribution in [3.8, 4) is 5.69 Å². The number of para-hydroxylation sites is 1. The lowest BCUT2D eigenvalue weighted by molar-refractivity contribution is 0.569. The van der Waals surface area contributed by atoms with E-state index in [9.17, 15) is 14.2 Å². The van der Waals surface area contributed by atoms with Gasteiger partial charge in [0.25, 0.3) is 5.56 Å². The van der Waals surface area contributed by atoms with Gasteiger partial charge < -0.3 is 9.13 Å². The Hall–Kier alpha value is -3.18. The summed E-state index contributed by atoms with van der Waals surface area (Å²) in [7, 11) is -2.67. The zero-order chi connectivity index (χ0) is 20.6. The van der Waals surface area contributed by atoms with Gasteiger partial charge in [-0.1, -0.05) is 48.5 Å². The topological polar surface area (TPSA) is 78.9 Å². The highest BCUT2D eigenvalue weighted by Gasteiger charge is 2.21. The fraction of sp³-hybridized carbons (Fsp3) is 0.190. The molecule has 2 aromatic heterocycles. The molecule has 0 radical (unpaired) electrons. The van der Waals surface area contributed by atoms with E-state index in [-0.39, 0.29) is 6.29 Å². The van der Waals surface area contributed by atoms with Crippen molar-refractivity contribution in [2.75, 3.05) is 13.3 Å². The molecular formula is C21H21N4O3P. The molecule has 0 fully saturated rings. The lowest BCUT2D eigenvalue weighted by atomic mass is 10.2. The average molecular weight is 408 g/mol. The molecule has 0 saturated carbocycles. The Bertz CT molecular complexity index is 1330. The molecule has 4 aromatic rings.